The number of nitriles is 1. The number of carbonyl (C=O) groups excluding carboxylic acids is 2. The molecule has 2 aliphatic heterocycles. The lowest BCUT2D eigenvalue weighted by Crippen LogP contribution is -2.46. The molecule has 0 radical (unpaired) electrons. The number of benzene rings is 1. The second kappa shape index (κ2) is 10.7. The molecule has 5 rings (SSSR count). The molecule has 1 aromatic heterocycles. The maximum absolute atomic E-state index is 13.7. The first-order valence-electron chi connectivity index (χ1n) is 13.2. The van der Waals surface area contributed by atoms with Crippen LogP contribution in [-0.2, 0) is 9.59 Å². The molecule has 2 amide bonds. The van der Waals surface area contributed by atoms with E-state index in [4.69, 9.17) is 33.2 Å². The van der Waals surface area contributed by atoms with E-state index in [2.05, 4.69) is 11.1 Å². The Hall–Kier alpha value is -2.82. The maximum Gasteiger partial charge on any atom is 0.228 e. The van der Waals surface area contributed by atoms with Gasteiger partial charge in [-0.25, -0.2) is 4.98 Å². The molecule has 0 spiro atoms. The van der Waals surface area contributed by atoms with Gasteiger partial charge in [-0.2, -0.15) is 5.26 Å². The minimum absolute atomic E-state index is 0.00474. The molecule has 2 saturated heterocycles. The van der Waals surface area contributed by atoms with Crippen LogP contribution in [0, 0.1) is 28.6 Å². The van der Waals surface area contributed by atoms with Crippen molar-refractivity contribution >= 4 is 35.0 Å². The van der Waals surface area contributed by atoms with Gasteiger partial charge < -0.3 is 14.5 Å². The van der Waals surface area contributed by atoms with Gasteiger partial charge >= 0.3 is 0 Å². The molecule has 2 aromatic rings. The largest absolute Gasteiger partial charge is 0.474 e. The molecule has 3 atom stereocenters. The predicted molar refractivity (Wildman–Crippen MR) is 145 cm³/mol. The van der Waals surface area contributed by atoms with Crippen LogP contribution in [0.4, 0.5) is 0 Å². The van der Waals surface area contributed by atoms with E-state index in [1.165, 1.54) is 6.20 Å². The van der Waals surface area contributed by atoms with Crippen molar-refractivity contribution in [2.75, 3.05) is 26.2 Å². The third kappa shape index (κ3) is 5.48. The first-order chi connectivity index (χ1) is 18.2. The third-order valence-corrected chi connectivity index (χ3v) is 9.21. The number of aromatic nitrogens is 1. The summed E-state index contributed by atoms with van der Waals surface area (Å²) in [6.07, 6.45) is 4.57. The fourth-order valence-corrected chi connectivity index (χ4v) is 6.05. The molecule has 3 aliphatic rings. The number of pyridine rings is 1. The van der Waals surface area contributed by atoms with Gasteiger partial charge in [0.05, 0.1) is 15.6 Å². The van der Waals surface area contributed by atoms with E-state index in [9.17, 15) is 9.59 Å². The zero-order valence-corrected chi connectivity index (χ0v) is 23.2. The number of carbonyl (C=O) groups is 2. The quantitative estimate of drug-likeness (QED) is 0.483. The lowest BCUT2D eigenvalue weighted by atomic mass is 9.86. The van der Waals surface area contributed by atoms with E-state index in [0.29, 0.717) is 60.5 Å². The number of rotatable bonds is 6. The van der Waals surface area contributed by atoms with E-state index in [1.54, 1.807) is 18.2 Å². The second-order valence-corrected chi connectivity index (χ2v) is 11.9. The fraction of sp³-hybridized carbons (Fsp3) is 0.517. The van der Waals surface area contributed by atoms with Gasteiger partial charge in [0.25, 0.3) is 0 Å². The monoisotopic (exact) mass is 554 g/mol. The van der Waals surface area contributed by atoms with Gasteiger partial charge in [0.1, 0.15) is 12.2 Å². The highest BCUT2D eigenvalue weighted by Gasteiger charge is 2.48. The van der Waals surface area contributed by atoms with Crippen molar-refractivity contribution in [3.8, 4) is 11.9 Å². The van der Waals surface area contributed by atoms with Gasteiger partial charge in [-0.3, -0.25) is 9.59 Å². The summed E-state index contributed by atoms with van der Waals surface area (Å²) in [7, 11) is 0. The predicted octanol–water partition coefficient (Wildman–Crippen LogP) is 5.31. The molecule has 1 aromatic carbocycles. The molecule has 3 fully saturated rings. The van der Waals surface area contributed by atoms with Crippen LogP contribution in [0.1, 0.15) is 56.6 Å². The SMILES string of the molecule is CC(Oc1ccc(C#N)cn1)C1CN(C(=O)C2CCN(C(=O)C3(C)CC3)CC2)CC1c1ccc(Cl)c(Cl)c1. The molecular formula is C29H32Cl2N4O3. The minimum Gasteiger partial charge on any atom is -0.474 e. The van der Waals surface area contributed by atoms with Crippen LogP contribution < -0.4 is 4.74 Å². The zero-order chi connectivity index (χ0) is 27.0. The van der Waals surface area contributed by atoms with Gasteiger partial charge in [-0.1, -0.05) is 36.2 Å². The summed E-state index contributed by atoms with van der Waals surface area (Å²) < 4.78 is 6.19. The molecule has 3 heterocycles. The van der Waals surface area contributed by atoms with Crippen LogP contribution in [-0.4, -0.2) is 58.9 Å². The molecule has 38 heavy (non-hydrogen) atoms. The van der Waals surface area contributed by atoms with E-state index in [1.807, 2.05) is 35.8 Å². The highest BCUT2D eigenvalue weighted by atomic mass is 35.5. The number of amides is 2. The Labute approximate surface area is 233 Å². The number of ether oxygens (including phenoxy) is 1. The Bertz CT molecular complexity index is 1250. The van der Waals surface area contributed by atoms with Gasteiger partial charge in [0, 0.05) is 61.6 Å². The van der Waals surface area contributed by atoms with Crippen molar-refractivity contribution in [3.63, 3.8) is 0 Å². The normalized spacial score (nSPS) is 23.6. The van der Waals surface area contributed by atoms with Crippen LogP contribution in [0.2, 0.25) is 10.0 Å². The Morgan fingerprint density at radius 3 is 2.45 bits per heavy atom. The van der Waals surface area contributed by atoms with Crippen LogP contribution >= 0.6 is 23.2 Å². The number of likely N-dealkylation sites (tertiary alicyclic amines) is 2. The van der Waals surface area contributed by atoms with Crippen molar-refractivity contribution < 1.29 is 14.3 Å². The standard InChI is InChI=1S/C29H32Cl2N4O3/c1-18(38-26-6-3-19(14-32)15-33-26)22-16-35(17-23(22)21-4-5-24(30)25(31)13-21)27(36)20-7-11-34(12-8-20)28(37)29(2)9-10-29/h3-6,13,15,18,20,22-23H,7-12,16-17H2,1-2H3. The summed E-state index contributed by atoms with van der Waals surface area (Å²) in [6, 6.07) is 11.1. The first kappa shape index (κ1) is 26.8. The zero-order valence-electron chi connectivity index (χ0n) is 21.7. The lowest BCUT2D eigenvalue weighted by Gasteiger charge is -2.34. The molecule has 0 bridgehead atoms. The molecule has 9 heteroatoms. The van der Waals surface area contributed by atoms with Gasteiger partial charge in [-0.05, 0) is 56.4 Å². The van der Waals surface area contributed by atoms with Crippen LogP contribution in [0.5, 0.6) is 5.88 Å². The molecule has 200 valence electrons. The molecule has 0 N–H and O–H groups in total. The Kier molecular flexibility index (Phi) is 7.57. The highest BCUT2D eigenvalue weighted by molar-refractivity contribution is 6.42. The average Bonchev–Trinajstić information content (AvgIpc) is 3.52. The topological polar surface area (TPSA) is 86.5 Å². The molecule has 1 saturated carbocycles. The number of nitrogens with zero attached hydrogens (tertiary/aromatic N) is 4. The summed E-state index contributed by atoms with van der Waals surface area (Å²) in [5, 5.41) is 10.0. The van der Waals surface area contributed by atoms with Crippen LogP contribution in [0.3, 0.4) is 0 Å². The van der Waals surface area contributed by atoms with Gasteiger partial charge in [-0.15, -0.1) is 0 Å². The van der Waals surface area contributed by atoms with Crippen molar-refractivity contribution in [2.45, 2.75) is 51.6 Å². The van der Waals surface area contributed by atoms with Crippen molar-refractivity contribution in [1.82, 2.24) is 14.8 Å². The second-order valence-electron chi connectivity index (χ2n) is 11.1. The molecule has 1 aliphatic carbocycles. The van der Waals surface area contributed by atoms with E-state index in [0.717, 1.165) is 18.4 Å². The summed E-state index contributed by atoms with van der Waals surface area (Å²) in [4.78, 5) is 34.6. The molecular weight excluding hydrogens is 523 g/mol. The number of hydrogen-bond acceptors (Lipinski definition) is 5. The summed E-state index contributed by atoms with van der Waals surface area (Å²) >= 11 is 12.5. The van der Waals surface area contributed by atoms with Crippen molar-refractivity contribution in [1.29, 1.82) is 5.26 Å². The number of halogens is 2. The first-order valence-corrected chi connectivity index (χ1v) is 14.0. The lowest BCUT2D eigenvalue weighted by molar-refractivity contribution is -0.142. The highest BCUT2D eigenvalue weighted by Crippen LogP contribution is 2.47. The summed E-state index contributed by atoms with van der Waals surface area (Å²) in [5.41, 5.74) is 1.31. The van der Waals surface area contributed by atoms with Gasteiger partial charge in [0.15, 0.2) is 0 Å². The van der Waals surface area contributed by atoms with Crippen LogP contribution in [0.15, 0.2) is 36.5 Å². The molecule has 3 unspecified atom stereocenters. The van der Waals surface area contributed by atoms with E-state index < -0.39 is 0 Å². The third-order valence-electron chi connectivity index (χ3n) is 8.47. The molecule has 7 nitrogen and oxygen atoms in total. The van der Waals surface area contributed by atoms with Crippen molar-refractivity contribution in [2.24, 2.45) is 17.3 Å². The van der Waals surface area contributed by atoms with Crippen LogP contribution in [0.25, 0.3) is 0 Å². The Morgan fingerprint density at radius 1 is 1.11 bits per heavy atom. The summed E-state index contributed by atoms with van der Waals surface area (Å²) in [6.45, 7) is 6.43. The van der Waals surface area contributed by atoms with Gasteiger partial charge in [0.2, 0.25) is 17.7 Å². The van der Waals surface area contributed by atoms with E-state index >= 15 is 0 Å². The minimum atomic E-state index is -0.244. The van der Waals surface area contributed by atoms with Crippen molar-refractivity contribution in [3.05, 3.63) is 57.7 Å². The Morgan fingerprint density at radius 2 is 1.84 bits per heavy atom. The number of piperidine rings is 1. The average molecular weight is 556 g/mol. The number of hydrogen-bond donors (Lipinski definition) is 0. The van der Waals surface area contributed by atoms with E-state index in [-0.39, 0.29) is 41.1 Å². The summed E-state index contributed by atoms with van der Waals surface area (Å²) in [5.74, 6) is 0.757. The Balaban J connectivity index is 1.29. The fourth-order valence-electron chi connectivity index (χ4n) is 5.75. The maximum atomic E-state index is 13.7. The smallest absolute Gasteiger partial charge is 0.228 e.